The number of alkyl halides is 2. The second-order valence-electron chi connectivity index (χ2n) is 2.96. The molecule has 0 atom stereocenters. The minimum absolute atomic E-state index is 0. The van der Waals surface area contributed by atoms with Crippen LogP contribution in [0, 0.1) is 0 Å². The van der Waals surface area contributed by atoms with Crippen molar-refractivity contribution in [1.29, 1.82) is 0 Å². The molecule has 1 aromatic rings. The monoisotopic (exact) mass is 282 g/mol. The molecule has 17 heavy (non-hydrogen) atoms. The molecule has 0 fully saturated rings. The Bertz CT molecular complexity index is 366. The highest BCUT2D eigenvalue weighted by Gasteiger charge is 2.10. The normalized spacial score (nSPS) is 9.88. The van der Waals surface area contributed by atoms with Crippen molar-refractivity contribution in [1.82, 2.24) is 0 Å². The van der Waals surface area contributed by atoms with Gasteiger partial charge in [0.1, 0.15) is 0 Å². The maximum atomic E-state index is 12.2. The summed E-state index contributed by atoms with van der Waals surface area (Å²) in [4.78, 5) is 11.6. The molecule has 0 aromatic heterocycles. The zero-order chi connectivity index (χ0) is 12.0. The number of benzene rings is 1. The largest absolute Gasteiger partial charge is 0.330 e. The Kier molecular flexibility index (Phi) is 7.86. The van der Waals surface area contributed by atoms with Crippen LogP contribution in [-0.4, -0.2) is 18.2 Å². The van der Waals surface area contributed by atoms with Crippen LogP contribution < -0.4 is 11.1 Å². The maximum Gasteiger partial charge on any atom is 0.288 e. The van der Waals surface area contributed by atoms with Gasteiger partial charge in [-0.1, -0.05) is 23.9 Å². The van der Waals surface area contributed by atoms with Gasteiger partial charge in [-0.25, -0.2) is 0 Å². The molecule has 0 unspecified atom stereocenters. The van der Waals surface area contributed by atoms with E-state index in [0.717, 1.165) is 0 Å². The first kappa shape index (κ1) is 16.1. The van der Waals surface area contributed by atoms with E-state index in [9.17, 15) is 13.6 Å². The topological polar surface area (TPSA) is 55.1 Å². The van der Waals surface area contributed by atoms with Gasteiger partial charge in [0.2, 0.25) is 5.91 Å². The van der Waals surface area contributed by atoms with E-state index < -0.39 is 5.76 Å². The molecule has 3 N–H and O–H groups in total. The molecule has 0 radical (unpaired) electrons. The quantitative estimate of drug-likeness (QED) is 0.817. The van der Waals surface area contributed by atoms with E-state index in [-0.39, 0.29) is 31.3 Å². The van der Waals surface area contributed by atoms with Crippen LogP contribution in [0.4, 0.5) is 14.5 Å². The summed E-state index contributed by atoms with van der Waals surface area (Å²) in [5.74, 6) is -2.78. The number of thioether (sulfide) groups is 1. The molecule has 1 aromatic carbocycles. The van der Waals surface area contributed by atoms with Crippen molar-refractivity contribution in [2.24, 2.45) is 5.73 Å². The fourth-order valence-corrected chi connectivity index (χ4v) is 1.71. The van der Waals surface area contributed by atoms with Crippen molar-refractivity contribution in [3.63, 3.8) is 0 Å². The Morgan fingerprint density at radius 2 is 2.06 bits per heavy atom. The van der Waals surface area contributed by atoms with E-state index in [2.05, 4.69) is 5.32 Å². The van der Waals surface area contributed by atoms with Gasteiger partial charge in [-0.2, -0.15) is 8.78 Å². The molecule has 0 saturated carbocycles. The molecule has 1 rings (SSSR count). The summed E-state index contributed by atoms with van der Waals surface area (Å²) in [7, 11) is 0. The van der Waals surface area contributed by atoms with Gasteiger partial charge in [0.05, 0.1) is 5.69 Å². The highest BCUT2D eigenvalue weighted by molar-refractivity contribution is 7.99. The number of hydrogen-bond acceptors (Lipinski definition) is 3. The molecule has 3 nitrogen and oxygen atoms in total. The first-order valence-corrected chi connectivity index (χ1v) is 5.55. The van der Waals surface area contributed by atoms with Crippen molar-refractivity contribution < 1.29 is 13.6 Å². The van der Waals surface area contributed by atoms with E-state index in [0.29, 0.717) is 22.3 Å². The lowest BCUT2D eigenvalue weighted by Gasteiger charge is -2.09. The predicted molar refractivity (Wildman–Crippen MR) is 67.9 cm³/mol. The van der Waals surface area contributed by atoms with E-state index in [1.54, 1.807) is 18.2 Å². The molecular formula is C10H13ClF2N2OS. The van der Waals surface area contributed by atoms with Gasteiger partial charge in [0, 0.05) is 17.9 Å². The molecule has 0 aliphatic rings. The second kappa shape index (κ2) is 8.27. The molecular weight excluding hydrogens is 270 g/mol. The summed E-state index contributed by atoms with van der Waals surface area (Å²) in [6.45, 7) is 0.232. The van der Waals surface area contributed by atoms with Crippen molar-refractivity contribution in [2.45, 2.75) is 17.1 Å². The van der Waals surface area contributed by atoms with Gasteiger partial charge in [-0.05, 0) is 12.1 Å². The molecule has 96 valence electrons. The third kappa shape index (κ3) is 5.86. The van der Waals surface area contributed by atoms with Crippen molar-refractivity contribution >= 4 is 35.8 Å². The average molecular weight is 283 g/mol. The molecule has 0 aliphatic heterocycles. The summed E-state index contributed by atoms with van der Waals surface area (Å²) in [6.07, 6.45) is 0.174. The van der Waals surface area contributed by atoms with Crippen LogP contribution >= 0.6 is 24.2 Å². The molecule has 0 heterocycles. The van der Waals surface area contributed by atoms with Gasteiger partial charge < -0.3 is 11.1 Å². The number of carbonyl (C=O) groups excluding carboxylic acids is 1. The maximum absolute atomic E-state index is 12.2. The van der Waals surface area contributed by atoms with Gasteiger partial charge >= 0.3 is 0 Å². The van der Waals surface area contributed by atoms with Crippen molar-refractivity contribution in [3.05, 3.63) is 24.3 Å². The average Bonchev–Trinajstić information content (AvgIpc) is 2.20. The van der Waals surface area contributed by atoms with Crippen LogP contribution in [-0.2, 0) is 4.79 Å². The first-order chi connectivity index (χ1) is 7.63. The number of nitrogens with one attached hydrogen (secondary N) is 1. The van der Waals surface area contributed by atoms with Gasteiger partial charge in [0.15, 0.2) is 0 Å². The molecule has 0 spiro atoms. The lowest BCUT2D eigenvalue weighted by atomic mass is 10.3. The number of halogens is 3. The standard InChI is InChI=1S/C10H12F2N2OS.ClH/c11-10(12)16-8-4-2-1-3-7(8)14-9(15)5-6-13;/h1-4,10H,5-6,13H2,(H,14,15);1H. The van der Waals surface area contributed by atoms with Crippen LogP contribution in [0.3, 0.4) is 0 Å². The van der Waals surface area contributed by atoms with Gasteiger partial charge in [-0.15, -0.1) is 12.4 Å². The van der Waals surface area contributed by atoms with E-state index >= 15 is 0 Å². The lowest BCUT2D eigenvalue weighted by Crippen LogP contribution is -2.16. The Hall–Kier alpha value is -0.850. The Labute approximate surface area is 109 Å². The Balaban J connectivity index is 0.00000256. The van der Waals surface area contributed by atoms with Crippen LogP contribution in [0.5, 0.6) is 0 Å². The number of nitrogens with two attached hydrogens (primary N) is 1. The lowest BCUT2D eigenvalue weighted by molar-refractivity contribution is -0.116. The predicted octanol–water partition coefficient (Wildman–Crippen LogP) is 2.71. The van der Waals surface area contributed by atoms with E-state index in [1.165, 1.54) is 6.07 Å². The van der Waals surface area contributed by atoms with Gasteiger partial charge in [-0.3, -0.25) is 4.79 Å². The summed E-state index contributed by atoms with van der Waals surface area (Å²) in [5, 5.41) is 2.54. The van der Waals surface area contributed by atoms with Crippen LogP contribution in [0.1, 0.15) is 6.42 Å². The van der Waals surface area contributed by atoms with Crippen LogP contribution in [0.15, 0.2) is 29.2 Å². The molecule has 0 bridgehead atoms. The highest BCUT2D eigenvalue weighted by atomic mass is 35.5. The number of anilines is 1. The summed E-state index contributed by atoms with van der Waals surface area (Å²) >= 11 is 0.406. The second-order valence-corrected chi connectivity index (χ2v) is 3.99. The fraction of sp³-hybridized carbons (Fsp3) is 0.300. The molecule has 7 heteroatoms. The highest BCUT2D eigenvalue weighted by Crippen LogP contribution is 2.31. The van der Waals surface area contributed by atoms with Crippen LogP contribution in [0.25, 0.3) is 0 Å². The summed E-state index contributed by atoms with van der Waals surface area (Å²) in [5.41, 5.74) is 5.61. The van der Waals surface area contributed by atoms with Crippen molar-refractivity contribution in [2.75, 3.05) is 11.9 Å². The number of hydrogen-bond donors (Lipinski definition) is 2. The SMILES string of the molecule is Cl.NCCC(=O)Nc1ccccc1SC(F)F. The van der Waals surface area contributed by atoms with Gasteiger partial charge in [0.25, 0.3) is 5.76 Å². The number of rotatable bonds is 5. The molecule has 0 saturated heterocycles. The Morgan fingerprint density at radius 3 is 2.65 bits per heavy atom. The molecule has 1 amide bonds. The van der Waals surface area contributed by atoms with Crippen LogP contribution in [0.2, 0.25) is 0 Å². The molecule has 0 aliphatic carbocycles. The first-order valence-electron chi connectivity index (χ1n) is 4.67. The summed E-state index contributed by atoms with van der Waals surface area (Å²) < 4.78 is 24.4. The number of amides is 1. The summed E-state index contributed by atoms with van der Waals surface area (Å²) in [6, 6.07) is 6.44. The fourth-order valence-electron chi connectivity index (χ4n) is 1.11. The minimum atomic E-state index is -2.51. The third-order valence-electron chi connectivity index (χ3n) is 1.75. The number of carbonyl (C=O) groups is 1. The van der Waals surface area contributed by atoms with Crippen molar-refractivity contribution in [3.8, 4) is 0 Å². The van der Waals surface area contributed by atoms with E-state index in [4.69, 9.17) is 5.73 Å². The zero-order valence-corrected chi connectivity index (χ0v) is 10.5. The third-order valence-corrected chi connectivity index (χ3v) is 2.54. The number of para-hydroxylation sites is 1. The smallest absolute Gasteiger partial charge is 0.288 e. The minimum Gasteiger partial charge on any atom is -0.330 e. The zero-order valence-electron chi connectivity index (χ0n) is 8.86. The van der Waals surface area contributed by atoms with E-state index in [1.807, 2.05) is 0 Å². The Morgan fingerprint density at radius 1 is 1.41 bits per heavy atom.